The second-order valence-corrected chi connectivity index (χ2v) is 14.4. The van der Waals surface area contributed by atoms with Crippen LogP contribution in [0.2, 0.25) is 0 Å². The summed E-state index contributed by atoms with van der Waals surface area (Å²) in [7, 11) is -9.99. The maximum atomic E-state index is 13.0. The number of nitrogens with zero attached hydrogens (tertiary/aromatic N) is 4. The van der Waals surface area contributed by atoms with Gasteiger partial charge in [0.25, 0.3) is 20.2 Å². The smallest absolute Gasteiger partial charge is 0.505 e. The molecule has 0 saturated carbocycles. The first-order valence-corrected chi connectivity index (χ1v) is 18.4. The van der Waals surface area contributed by atoms with Crippen molar-refractivity contribution in [2.24, 2.45) is 20.5 Å². The van der Waals surface area contributed by atoms with Crippen molar-refractivity contribution in [1.82, 2.24) is 6.15 Å². The average Bonchev–Trinajstić information content (AvgIpc) is 3.13. The second-order valence-electron chi connectivity index (χ2n) is 11.6. The van der Waals surface area contributed by atoms with E-state index in [1.807, 2.05) is 0 Å². The molecule has 0 heterocycles. The van der Waals surface area contributed by atoms with Gasteiger partial charge in [0.15, 0.2) is 11.5 Å². The van der Waals surface area contributed by atoms with Gasteiger partial charge in [0.2, 0.25) is 0 Å². The number of fused-ring (bicyclic) bond motifs is 2. The van der Waals surface area contributed by atoms with Crippen LogP contribution in [-0.4, -0.2) is 64.3 Å². The number of carbonyl (C=O) groups is 3. The van der Waals surface area contributed by atoms with Crippen LogP contribution >= 0.6 is 0 Å². The topological polar surface area (TPSA) is 351 Å². The van der Waals surface area contributed by atoms with Crippen LogP contribution in [0.15, 0.2) is 127 Å². The molecular formula is C35H28N7NaO13S2+2. The van der Waals surface area contributed by atoms with E-state index in [1.54, 1.807) is 0 Å². The van der Waals surface area contributed by atoms with Crippen molar-refractivity contribution < 1.29 is 90.3 Å². The van der Waals surface area contributed by atoms with E-state index in [1.165, 1.54) is 84.9 Å². The van der Waals surface area contributed by atoms with Crippen molar-refractivity contribution in [2.75, 3.05) is 10.6 Å². The van der Waals surface area contributed by atoms with Gasteiger partial charge in [-0.1, -0.05) is 0 Å². The Hall–Kier alpha value is -6.37. The zero-order valence-corrected chi connectivity index (χ0v) is 33.5. The standard InChI is InChI=1S/C35H24N6O13S2.H3N.Na/c42-31-25-11-9-23(13-19(25)15-27(55(49,50)51)29(31)40-38-21-5-1-17(2-6-21)33(44)45)36-35(48)37-24-10-12-26-20(14-24)16-28(56(52,53)54)30(32(26)43)41-39-22-7-3-18(4-8-22)34(46)47;;/h1-16,42-43H,(H,44,45)(H,46,47)(H2,36,37,48)(H,49,50,51)(H,52,53,54);1H3;/q;;+1/p+1. The molecule has 0 aliphatic carbocycles. The summed E-state index contributed by atoms with van der Waals surface area (Å²) in [6.07, 6.45) is 0. The van der Waals surface area contributed by atoms with Gasteiger partial charge in [0.05, 0.1) is 22.5 Å². The number of aromatic carboxylic acids is 2. The number of urea groups is 1. The van der Waals surface area contributed by atoms with Crippen LogP contribution in [0.4, 0.5) is 38.9 Å². The summed E-state index contributed by atoms with van der Waals surface area (Å²) < 4.78 is 69.0. The van der Waals surface area contributed by atoms with Crippen LogP contribution in [0.3, 0.4) is 0 Å². The first-order valence-electron chi connectivity index (χ1n) is 15.5. The van der Waals surface area contributed by atoms with Gasteiger partial charge in [0.1, 0.15) is 21.2 Å². The summed E-state index contributed by atoms with van der Waals surface area (Å²) >= 11 is 0. The Morgan fingerprint density at radius 1 is 0.517 bits per heavy atom. The van der Waals surface area contributed by atoms with E-state index in [0.29, 0.717) is 0 Å². The fourth-order valence-electron chi connectivity index (χ4n) is 5.30. The Morgan fingerprint density at radius 2 is 0.862 bits per heavy atom. The van der Waals surface area contributed by atoms with Crippen molar-refractivity contribution in [3.63, 3.8) is 0 Å². The number of carbonyl (C=O) groups excluding carboxylic acids is 1. The molecular weight excluding hydrogens is 814 g/mol. The molecule has 23 heteroatoms. The number of azo groups is 2. The molecule has 0 aromatic heterocycles. The van der Waals surface area contributed by atoms with E-state index in [2.05, 4.69) is 31.1 Å². The second kappa shape index (κ2) is 17.4. The number of phenolic OH excluding ortho intramolecular Hbond substituents is 2. The van der Waals surface area contributed by atoms with E-state index in [0.717, 1.165) is 12.1 Å². The predicted molar refractivity (Wildman–Crippen MR) is 205 cm³/mol. The number of hydrogen-bond acceptors (Lipinski definition) is 13. The molecule has 12 N–H and O–H groups in total. The molecule has 292 valence electrons. The molecule has 0 saturated heterocycles. The van der Waals surface area contributed by atoms with Crippen molar-refractivity contribution in [3.8, 4) is 11.5 Å². The summed E-state index contributed by atoms with van der Waals surface area (Å²) in [4.78, 5) is 33.5. The third kappa shape index (κ3) is 9.77. The van der Waals surface area contributed by atoms with Crippen LogP contribution in [0, 0.1) is 0 Å². The van der Waals surface area contributed by atoms with Crippen LogP contribution in [0.5, 0.6) is 11.5 Å². The van der Waals surface area contributed by atoms with E-state index in [4.69, 9.17) is 10.2 Å². The van der Waals surface area contributed by atoms with Gasteiger partial charge < -0.3 is 37.2 Å². The molecule has 58 heavy (non-hydrogen) atoms. The number of quaternary nitrogens is 1. The van der Waals surface area contributed by atoms with Crippen LogP contribution in [-0.2, 0) is 20.2 Å². The van der Waals surface area contributed by atoms with Gasteiger partial charge in [-0.15, -0.1) is 10.2 Å². The minimum Gasteiger partial charge on any atom is -0.505 e. The van der Waals surface area contributed by atoms with Gasteiger partial charge >= 0.3 is 47.5 Å². The monoisotopic (exact) mass is 841 g/mol. The Balaban J connectivity index is 0.00000372. The Labute approximate surface area is 349 Å². The molecule has 0 bridgehead atoms. The number of rotatable bonds is 10. The van der Waals surface area contributed by atoms with E-state index in [9.17, 15) is 50.5 Å². The molecule has 6 rings (SSSR count). The minimum absolute atomic E-state index is 0. The summed E-state index contributed by atoms with van der Waals surface area (Å²) in [5, 5.41) is 60.5. The van der Waals surface area contributed by atoms with Crippen molar-refractivity contribution in [3.05, 3.63) is 108 Å². The minimum atomic E-state index is -4.99. The van der Waals surface area contributed by atoms with Gasteiger partial charge in [-0.25, -0.2) is 14.4 Å². The Bertz CT molecular complexity index is 2710. The van der Waals surface area contributed by atoms with E-state index >= 15 is 0 Å². The summed E-state index contributed by atoms with van der Waals surface area (Å²) in [5.41, 5.74) is -0.905. The van der Waals surface area contributed by atoms with Crippen molar-refractivity contribution >= 4 is 93.9 Å². The molecule has 2 amide bonds. The molecule has 0 aliphatic heterocycles. The molecule has 0 fully saturated rings. The van der Waals surface area contributed by atoms with E-state index < -0.39 is 70.9 Å². The van der Waals surface area contributed by atoms with Gasteiger partial charge in [0, 0.05) is 22.1 Å². The zero-order chi connectivity index (χ0) is 40.5. The number of amides is 2. The van der Waals surface area contributed by atoms with Crippen LogP contribution in [0.25, 0.3) is 21.5 Å². The summed E-state index contributed by atoms with van der Waals surface area (Å²) in [6.45, 7) is 0. The largest absolute Gasteiger partial charge is 1.00 e. The van der Waals surface area contributed by atoms with Crippen molar-refractivity contribution in [2.45, 2.75) is 9.79 Å². The number of aromatic hydroxyl groups is 2. The maximum absolute atomic E-state index is 13.0. The third-order valence-corrected chi connectivity index (χ3v) is 9.67. The first kappa shape index (κ1) is 44.3. The van der Waals surface area contributed by atoms with Gasteiger partial charge in [-0.3, -0.25) is 9.11 Å². The van der Waals surface area contributed by atoms with E-state index in [-0.39, 0.29) is 91.1 Å². The Kier molecular flexibility index (Phi) is 13.3. The fraction of sp³-hybridized carbons (Fsp3) is 0. The number of phenols is 2. The van der Waals surface area contributed by atoms with Gasteiger partial charge in [-0.05, 0) is 108 Å². The molecule has 0 atom stereocenters. The molecule has 0 radical (unpaired) electrons. The number of hydrogen-bond donors (Lipinski definition) is 9. The number of anilines is 2. The number of nitrogens with one attached hydrogen (secondary N) is 2. The first-order chi connectivity index (χ1) is 26.4. The van der Waals surface area contributed by atoms with Crippen molar-refractivity contribution in [1.29, 1.82) is 0 Å². The third-order valence-electron chi connectivity index (χ3n) is 7.93. The van der Waals surface area contributed by atoms with Crippen LogP contribution in [0.1, 0.15) is 20.7 Å². The number of carboxylic acid groups (broad SMARTS) is 2. The number of carboxylic acids is 2. The summed E-state index contributed by atoms with van der Waals surface area (Å²) in [5.74, 6) is -3.73. The van der Waals surface area contributed by atoms with Gasteiger partial charge in [-0.2, -0.15) is 27.1 Å². The van der Waals surface area contributed by atoms with Crippen LogP contribution < -0.4 is 46.3 Å². The fourth-order valence-corrected chi connectivity index (χ4v) is 6.61. The molecule has 20 nitrogen and oxygen atoms in total. The predicted octanol–water partition coefficient (Wildman–Crippen LogP) is 5.15. The average molecular weight is 842 g/mol. The summed E-state index contributed by atoms with van der Waals surface area (Å²) in [6, 6.07) is 19.1. The molecule has 6 aromatic carbocycles. The zero-order valence-electron chi connectivity index (χ0n) is 29.9. The molecule has 0 spiro atoms. The number of benzene rings is 6. The normalized spacial score (nSPS) is 11.6. The molecule has 0 aliphatic rings. The quantitative estimate of drug-likeness (QED) is 0.0490. The molecule has 6 aromatic rings. The SMILES string of the molecule is O=C(Nc1ccc2c(O)c(N=Nc3ccc(C(=O)O)cc3)c(S(=O)(=O)O)cc2c1)Nc1ccc2c(O)c(N=Nc3ccc(C(=O)O)cc3)c(S(=O)(=O)O)cc2c1.[NH4+].[Na+]. The molecule has 0 unspecified atom stereocenters. The Morgan fingerprint density at radius 3 is 1.17 bits per heavy atom. The maximum Gasteiger partial charge on any atom is 1.00 e.